The third-order valence-electron chi connectivity index (χ3n) is 7.01. The quantitative estimate of drug-likeness (QED) is 0.235. The number of aryl methyl sites for hydroxylation is 2. The Balaban J connectivity index is 1.57. The molecule has 0 amide bonds. The molecule has 0 atom stereocenters. The van der Waals surface area contributed by atoms with E-state index in [4.69, 9.17) is 4.98 Å². The van der Waals surface area contributed by atoms with Crippen molar-refractivity contribution in [2.45, 2.75) is 41.0 Å². The summed E-state index contributed by atoms with van der Waals surface area (Å²) in [6, 6.07) is 30.7. The molecule has 2 nitrogen and oxygen atoms in total. The number of imidazole rings is 1. The highest BCUT2D eigenvalue weighted by Gasteiger charge is 2.20. The van der Waals surface area contributed by atoms with Gasteiger partial charge in [0.25, 0.3) is 0 Å². The van der Waals surface area contributed by atoms with Crippen molar-refractivity contribution < 1.29 is 0 Å². The van der Waals surface area contributed by atoms with E-state index in [1.807, 2.05) is 0 Å². The van der Waals surface area contributed by atoms with Gasteiger partial charge in [0.05, 0.1) is 11.0 Å². The number of thiophene rings is 1. The van der Waals surface area contributed by atoms with Crippen LogP contribution in [0.4, 0.5) is 0 Å². The minimum absolute atomic E-state index is 0.243. The summed E-state index contributed by atoms with van der Waals surface area (Å²) in [5, 5.41) is 3.57. The summed E-state index contributed by atoms with van der Waals surface area (Å²) in [5.41, 5.74) is 11.2. The van der Waals surface area contributed by atoms with Gasteiger partial charge in [-0.2, -0.15) is 0 Å². The molecular weight excluding hydrogens is 468 g/mol. The molecule has 0 fully saturated rings. The van der Waals surface area contributed by atoms with Crippen molar-refractivity contribution >= 4 is 32.5 Å². The predicted octanol–water partition coefficient (Wildman–Crippen LogP) is 9.78. The first-order valence-corrected chi connectivity index (χ1v) is 13.8. The molecule has 0 saturated carbocycles. The maximum absolute atomic E-state index is 5.20. The molecule has 2 aromatic heterocycles. The lowest BCUT2D eigenvalue weighted by Gasteiger charge is -2.18. The van der Waals surface area contributed by atoms with Crippen LogP contribution in [0.2, 0.25) is 0 Å². The van der Waals surface area contributed by atoms with Gasteiger partial charge in [0.1, 0.15) is 5.82 Å². The van der Waals surface area contributed by atoms with Gasteiger partial charge in [-0.1, -0.05) is 69.3 Å². The van der Waals surface area contributed by atoms with Crippen molar-refractivity contribution in [2.24, 2.45) is 5.41 Å². The molecule has 0 bridgehead atoms. The Hall–Kier alpha value is -3.69. The third kappa shape index (κ3) is 4.38. The maximum atomic E-state index is 5.20. The van der Waals surface area contributed by atoms with Crippen molar-refractivity contribution in [1.29, 1.82) is 0 Å². The average molecular weight is 501 g/mol. The largest absolute Gasteiger partial charge is 0.292 e. The van der Waals surface area contributed by atoms with Crippen LogP contribution in [0.1, 0.15) is 37.5 Å². The molecule has 0 aliphatic heterocycles. The molecule has 0 unspecified atom stereocenters. The van der Waals surface area contributed by atoms with Crippen LogP contribution in [0.25, 0.3) is 49.3 Å². The van der Waals surface area contributed by atoms with Crippen molar-refractivity contribution in [3.05, 3.63) is 107 Å². The van der Waals surface area contributed by atoms with Crippen molar-refractivity contribution in [1.82, 2.24) is 9.55 Å². The molecular formula is C34H32N2S. The Bertz CT molecular complexity index is 1720. The highest BCUT2D eigenvalue weighted by Crippen LogP contribution is 2.39. The predicted molar refractivity (Wildman–Crippen MR) is 160 cm³/mol. The Morgan fingerprint density at radius 2 is 1.51 bits per heavy atom. The fourth-order valence-corrected chi connectivity index (χ4v) is 6.49. The summed E-state index contributed by atoms with van der Waals surface area (Å²) >= 11 is 1.80. The number of hydrogen-bond donors (Lipinski definition) is 0. The molecule has 0 saturated heterocycles. The topological polar surface area (TPSA) is 17.8 Å². The van der Waals surface area contributed by atoms with E-state index >= 15 is 0 Å². The normalized spacial score (nSPS) is 12.0. The molecule has 0 N–H and O–H groups in total. The molecule has 0 aliphatic rings. The van der Waals surface area contributed by atoms with Crippen LogP contribution in [-0.4, -0.2) is 9.55 Å². The van der Waals surface area contributed by atoms with Crippen molar-refractivity contribution in [3.8, 4) is 28.2 Å². The summed E-state index contributed by atoms with van der Waals surface area (Å²) in [7, 11) is 0. The summed E-state index contributed by atoms with van der Waals surface area (Å²) in [5.74, 6) is 1.01. The standard InChI is InChI=1S/C34H32N2S/c1-22-17-26(18-23(2)32(22)25-11-7-6-8-12-25)36-30-14-10-9-13-29(30)35-33(36)28-21-37-31-16-15-24(19-27(28)31)20-34(3,4)5/h6-19,21H,20H2,1-5H3. The summed E-state index contributed by atoms with van der Waals surface area (Å²) in [4.78, 5) is 5.20. The number of aromatic nitrogens is 2. The van der Waals surface area contributed by atoms with E-state index in [-0.39, 0.29) is 5.41 Å². The zero-order valence-corrected chi connectivity index (χ0v) is 23.0. The number of nitrogens with zero attached hydrogens (tertiary/aromatic N) is 2. The van der Waals surface area contributed by atoms with Crippen LogP contribution < -0.4 is 0 Å². The summed E-state index contributed by atoms with van der Waals surface area (Å²) in [6.45, 7) is 11.3. The number of para-hydroxylation sites is 2. The van der Waals surface area contributed by atoms with Gasteiger partial charge in [-0.05, 0) is 89.9 Å². The van der Waals surface area contributed by atoms with Crippen LogP contribution in [0.15, 0.2) is 90.3 Å². The Morgan fingerprint density at radius 3 is 2.24 bits per heavy atom. The minimum Gasteiger partial charge on any atom is -0.292 e. The number of rotatable bonds is 4. The second-order valence-electron chi connectivity index (χ2n) is 11.3. The molecule has 6 rings (SSSR count). The van der Waals surface area contributed by atoms with E-state index < -0.39 is 0 Å². The van der Waals surface area contributed by atoms with Crippen molar-refractivity contribution in [3.63, 3.8) is 0 Å². The molecule has 6 aromatic rings. The molecule has 4 aromatic carbocycles. The van der Waals surface area contributed by atoms with E-state index in [9.17, 15) is 0 Å². The zero-order valence-electron chi connectivity index (χ0n) is 22.2. The molecule has 2 heterocycles. The second-order valence-corrected chi connectivity index (χ2v) is 12.2. The number of hydrogen-bond acceptors (Lipinski definition) is 2. The van der Waals surface area contributed by atoms with Gasteiger partial charge in [-0.3, -0.25) is 4.57 Å². The van der Waals surface area contributed by atoms with E-state index in [0.29, 0.717) is 0 Å². The lowest BCUT2D eigenvalue weighted by molar-refractivity contribution is 0.411. The van der Waals surface area contributed by atoms with Gasteiger partial charge in [0, 0.05) is 26.7 Å². The number of fused-ring (bicyclic) bond motifs is 2. The SMILES string of the molecule is Cc1cc(-n2c(-c3csc4ccc(CC(C)(C)C)cc34)nc3ccccc32)cc(C)c1-c1ccccc1. The highest BCUT2D eigenvalue weighted by molar-refractivity contribution is 7.17. The fourth-order valence-electron chi connectivity index (χ4n) is 5.57. The van der Waals surface area contributed by atoms with Gasteiger partial charge in [0.2, 0.25) is 0 Å². The molecule has 37 heavy (non-hydrogen) atoms. The Morgan fingerprint density at radius 1 is 0.811 bits per heavy atom. The Kier molecular flexibility index (Phi) is 5.77. The van der Waals surface area contributed by atoms with Crippen LogP contribution >= 0.6 is 11.3 Å². The highest BCUT2D eigenvalue weighted by atomic mass is 32.1. The first-order chi connectivity index (χ1) is 17.8. The van der Waals surface area contributed by atoms with Gasteiger partial charge in [-0.15, -0.1) is 11.3 Å². The average Bonchev–Trinajstić information content (AvgIpc) is 3.44. The van der Waals surface area contributed by atoms with E-state index in [0.717, 1.165) is 29.0 Å². The van der Waals surface area contributed by atoms with E-state index in [1.165, 1.54) is 43.5 Å². The van der Waals surface area contributed by atoms with Crippen molar-refractivity contribution in [2.75, 3.05) is 0 Å². The fraction of sp³-hybridized carbons (Fsp3) is 0.206. The Labute approximate surface area is 223 Å². The van der Waals surface area contributed by atoms with E-state index in [2.05, 4.69) is 129 Å². The van der Waals surface area contributed by atoms with E-state index in [1.54, 1.807) is 11.3 Å². The van der Waals surface area contributed by atoms with Gasteiger partial charge >= 0.3 is 0 Å². The second kappa shape index (κ2) is 9.00. The lowest BCUT2D eigenvalue weighted by Crippen LogP contribution is -2.08. The van der Waals surface area contributed by atoms with Gasteiger partial charge in [0.15, 0.2) is 0 Å². The lowest BCUT2D eigenvalue weighted by atomic mass is 9.88. The smallest absolute Gasteiger partial charge is 0.147 e. The van der Waals surface area contributed by atoms with Gasteiger partial charge in [-0.25, -0.2) is 4.98 Å². The molecule has 3 heteroatoms. The molecule has 184 valence electrons. The summed E-state index contributed by atoms with van der Waals surface area (Å²) in [6.07, 6.45) is 1.05. The van der Waals surface area contributed by atoms with Crippen LogP contribution in [-0.2, 0) is 6.42 Å². The van der Waals surface area contributed by atoms with Gasteiger partial charge < -0.3 is 0 Å². The van der Waals surface area contributed by atoms with Crippen LogP contribution in [0.3, 0.4) is 0 Å². The minimum atomic E-state index is 0.243. The van der Waals surface area contributed by atoms with Crippen LogP contribution in [0, 0.1) is 19.3 Å². The first-order valence-electron chi connectivity index (χ1n) is 12.9. The monoisotopic (exact) mass is 500 g/mol. The zero-order chi connectivity index (χ0) is 25.7. The first kappa shape index (κ1) is 23.7. The number of benzene rings is 4. The third-order valence-corrected chi connectivity index (χ3v) is 7.98. The summed E-state index contributed by atoms with van der Waals surface area (Å²) < 4.78 is 3.65. The van der Waals surface area contributed by atoms with Crippen LogP contribution in [0.5, 0.6) is 0 Å². The maximum Gasteiger partial charge on any atom is 0.147 e. The molecule has 0 spiro atoms. The molecule has 0 aliphatic carbocycles. The molecule has 0 radical (unpaired) electrons.